The van der Waals surface area contributed by atoms with Crippen LogP contribution < -0.4 is 0 Å². The highest BCUT2D eigenvalue weighted by Gasteiger charge is 2.59. The lowest BCUT2D eigenvalue weighted by atomic mass is 9.85. The van der Waals surface area contributed by atoms with Gasteiger partial charge in [0.2, 0.25) is 0 Å². The van der Waals surface area contributed by atoms with Crippen LogP contribution in [0.5, 0.6) is 0 Å². The van der Waals surface area contributed by atoms with E-state index < -0.39 is 4.92 Å². The first-order valence-corrected chi connectivity index (χ1v) is 7.72. The van der Waals surface area contributed by atoms with Crippen LogP contribution in [0, 0.1) is 33.8 Å². The van der Waals surface area contributed by atoms with E-state index in [2.05, 4.69) is 5.10 Å². The molecule has 7 nitrogen and oxygen atoms in total. The lowest BCUT2D eigenvalue weighted by Gasteiger charge is -2.13. The monoisotopic (exact) mass is 317 g/mol. The van der Waals surface area contributed by atoms with E-state index >= 15 is 0 Å². The number of carbonyl (C=O) groups excluding carboxylic acids is 2. The molecule has 0 aromatic carbocycles. The largest absolute Gasteiger partial charge is 0.324 e. The standard InChI is InChI=1S/C14H11N3O4S/c18-13-11-7-1-2-8(5-7)12(11)14(19)16(13)15-6-9-3-4-10(22-9)17(20)21/h1-4,6-8,11-12H,5H2/b15-6-/t7-,8-,11-,12+/m0/s1. The van der Waals surface area contributed by atoms with Crippen LogP contribution in [0.2, 0.25) is 0 Å². The first-order valence-electron chi connectivity index (χ1n) is 6.90. The molecule has 8 heteroatoms. The van der Waals surface area contributed by atoms with Gasteiger partial charge in [0.05, 0.1) is 27.9 Å². The van der Waals surface area contributed by atoms with Gasteiger partial charge in [-0.25, -0.2) is 0 Å². The molecule has 1 aromatic rings. The summed E-state index contributed by atoms with van der Waals surface area (Å²) in [6.07, 6.45) is 6.26. The molecule has 1 aliphatic heterocycles. The van der Waals surface area contributed by atoms with Gasteiger partial charge in [0.25, 0.3) is 11.8 Å². The van der Waals surface area contributed by atoms with Crippen LogP contribution in [0.25, 0.3) is 0 Å². The first-order chi connectivity index (χ1) is 10.6. The van der Waals surface area contributed by atoms with Crippen molar-refractivity contribution in [1.29, 1.82) is 0 Å². The number of hydrazone groups is 1. The van der Waals surface area contributed by atoms with E-state index in [-0.39, 0.29) is 40.5 Å². The van der Waals surface area contributed by atoms with Crippen molar-refractivity contribution in [3.63, 3.8) is 0 Å². The SMILES string of the molecule is O=C1[C@@H]2[C@H](C(=O)N1/N=C\c1ccc([N+](=O)[O-])s1)[C@H]1C=C[C@H]2C1. The lowest BCUT2D eigenvalue weighted by molar-refractivity contribution is -0.380. The zero-order chi connectivity index (χ0) is 15.4. The Hall–Kier alpha value is -2.35. The fourth-order valence-corrected chi connectivity index (χ4v) is 4.31. The Kier molecular flexibility index (Phi) is 2.77. The summed E-state index contributed by atoms with van der Waals surface area (Å²) in [7, 11) is 0. The van der Waals surface area contributed by atoms with Crippen LogP contribution in [0.4, 0.5) is 5.00 Å². The topological polar surface area (TPSA) is 92.9 Å². The maximum absolute atomic E-state index is 12.4. The van der Waals surface area contributed by atoms with Gasteiger partial charge >= 0.3 is 5.00 Å². The van der Waals surface area contributed by atoms with E-state index in [1.54, 1.807) is 6.07 Å². The zero-order valence-corrected chi connectivity index (χ0v) is 12.1. The number of amides is 2. The summed E-state index contributed by atoms with van der Waals surface area (Å²) in [4.78, 5) is 35.4. The molecule has 0 N–H and O–H groups in total. The molecular formula is C14H11N3O4S. The molecule has 4 atom stereocenters. The van der Waals surface area contributed by atoms with Gasteiger partial charge in [0.15, 0.2) is 0 Å². The molecular weight excluding hydrogens is 306 g/mol. The zero-order valence-electron chi connectivity index (χ0n) is 11.3. The number of nitro groups is 1. The number of hydrogen-bond acceptors (Lipinski definition) is 6. The van der Waals surface area contributed by atoms with Crippen LogP contribution in [0.1, 0.15) is 11.3 Å². The molecule has 4 rings (SSSR count). The fraction of sp³-hybridized carbons (Fsp3) is 0.357. The summed E-state index contributed by atoms with van der Waals surface area (Å²) in [5.41, 5.74) is 0. The highest BCUT2D eigenvalue weighted by atomic mass is 32.1. The third-order valence-corrected chi connectivity index (χ3v) is 5.51. The Balaban J connectivity index is 1.56. The van der Waals surface area contributed by atoms with Gasteiger partial charge in [0, 0.05) is 6.07 Å². The Labute approximate surface area is 129 Å². The van der Waals surface area contributed by atoms with E-state index in [1.165, 1.54) is 12.3 Å². The number of imide groups is 1. The Morgan fingerprint density at radius 2 is 1.86 bits per heavy atom. The second-order valence-corrected chi connectivity index (χ2v) is 6.76. The summed E-state index contributed by atoms with van der Waals surface area (Å²) in [6.45, 7) is 0. The highest BCUT2D eigenvalue weighted by Crippen LogP contribution is 2.52. The molecule has 3 aliphatic rings. The number of thiophene rings is 1. The summed E-state index contributed by atoms with van der Waals surface area (Å²) >= 11 is 0.952. The minimum atomic E-state index is -0.484. The predicted molar refractivity (Wildman–Crippen MR) is 78.1 cm³/mol. The molecule has 2 bridgehead atoms. The number of carbonyl (C=O) groups is 2. The number of nitrogens with zero attached hydrogens (tertiary/aromatic N) is 3. The van der Waals surface area contributed by atoms with E-state index in [0.717, 1.165) is 22.8 Å². The van der Waals surface area contributed by atoms with E-state index in [0.29, 0.717) is 4.88 Å². The van der Waals surface area contributed by atoms with Crippen LogP contribution in [-0.2, 0) is 9.59 Å². The van der Waals surface area contributed by atoms with Gasteiger partial charge in [-0.1, -0.05) is 23.5 Å². The molecule has 2 heterocycles. The molecule has 0 radical (unpaired) electrons. The lowest BCUT2D eigenvalue weighted by Crippen LogP contribution is -2.28. The van der Waals surface area contributed by atoms with Gasteiger partial charge in [-0.3, -0.25) is 19.7 Å². The van der Waals surface area contributed by atoms with Crippen LogP contribution in [0.15, 0.2) is 29.4 Å². The molecule has 1 saturated heterocycles. The van der Waals surface area contributed by atoms with Gasteiger partial charge in [-0.05, 0) is 24.3 Å². The smallest absolute Gasteiger partial charge is 0.272 e. The second-order valence-electron chi connectivity index (χ2n) is 5.67. The second kappa shape index (κ2) is 4.57. The maximum atomic E-state index is 12.4. The van der Waals surface area contributed by atoms with Crippen molar-refractivity contribution in [1.82, 2.24) is 5.01 Å². The number of hydrogen-bond donors (Lipinski definition) is 0. The molecule has 1 saturated carbocycles. The van der Waals surface area contributed by atoms with Crippen LogP contribution in [0.3, 0.4) is 0 Å². The number of allylic oxidation sites excluding steroid dienone is 2. The summed E-state index contributed by atoms with van der Waals surface area (Å²) in [6, 6.07) is 2.92. The molecule has 2 amide bonds. The Morgan fingerprint density at radius 3 is 2.41 bits per heavy atom. The van der Waals surface area contributed by atoms with Crippen molar-refractivity contribution in [2.75, 3.05) is 0 Å². The highest BCUT2D eigenvalue weighted by molar-refractivity contribution is 7.16. The predicted octanol–water partition coefficient (Wildman–Crippen LogP) is 1.80. The van der Waals surface area contributed by atoms with Gasteiger partial charge in [-0.2, -0.15) is 10.1 Å². The van der Waals surface area contributed by atoms with Crippen molar-refractivity contribution < 1.29 is 14.5 Å². The first kappa shape index (κ1) is 13.3. The normalized spacial score (nSPS) is 32.5. The molecule has 2 fully saturated rings. The summed E-state index contributed by atoms with van der Waals surface area (Å²) < 4.78 is 0. The molecule has 112 valence electrons. The molecule has 2 aliphatic carbocycles. The summed E-state index contributed by atoms with van der Waals surface area (Å²) in [5.74, 6) is -0.776. The van der Waals surface area contributed by atoms with Crippen molar-refractivity contribution in [2.24, 2.45) is 28.8 Å². The molecule has 1 aromatic heterocycles. The quantitative estimate of drug-likeness (QED) is 0.279. The van der Waals surface area contributed by atoms with Gasteiger partial charge in [0.1, 0.15) is 0 Å². The minimum absolute atomic E-state index is 0.000334. The van der Waals surface area contributed by atoms with Crippen molar-refractivity contribution >= 4 is 34.4 Å². The maximum Gasteiger partial charge on any atom is 0.324 e. The van der Waals surface area contributed by atoms with E-state index in [1.807, 2.05) is 12.2 Å². The fourth-order valence-electron chi connectivity index (χ4n) is 3.62. The third-order valence-electron chi connectivity index (χ3n) is 4.54. The van der Waals surface area contributed by atoms with Gasteiger partial charge < -0.3 is 0 Å². The minimum Gasteiger partial charge on any atom is -0.272 e. The van der Waals surface area contributed by atoms with Crippen molar-refractivity contribution in [3.8, 4) is 0 Å². The average Bonchev–Trinajstić information content (AvgIpc) is 3.23. The van der Waals surface area contributed by atoms with E-state index in [4.69, 9.17) is 0 Å². The van der Waals surface area contributed by atoms with E-state index in [9.17, 15) is 19.7 Å². The number of rotatable bonds is 3. The number of fused-ring (bicyclic) bond motifs is 5. The average molecular weight is 317 g/mol. The summed E-state index contributed by atoms with van der Waals surface area (Å²) in [5, 5.41) is 15.6. The van der Waals surface area contributed by atoms with Crippen molar-refractivity contribution in [2.45, 2.75) is 6.42 Å². The van der Waals surface area contributed by atoms with Crippen LogP contribution in [-0.4, -0.2) is 28.0 Å². The van der Waals surface area contributed by atoms with Crippen molar-refractivity contribution in [3.05, 3.63) is 39.3 Å². The third kappa shape index (κ3) is 1.77. The molecule has 0 unspecified atom stereocenters. The van der Waals surface area contributed by atoms with Crippen LogP contribution >= 0.6 is 11.3 Å². The Bertz CT molecular complexity index is 723. The molecule has 0 spiro atoms. The molecule has 22 heavy (non-hydrogen) atoms. The van der Waals surface area contributed by atoms with Gasteiger partial charge in [-0.15, -0.1) is 0 Å². The Morgan fingerprint density at radius 1 is 1.23 bits per heavy atom.